The molecule has 0 bridgehead atoms. The molecule has 0 aliphatic heterocycles. The highest BCUT2D eigenvalue weighted by molar-refractivity contribution is 5.46. The zero-order valence-corrected chi connectivity index (χ0v) is 10.0. The fourth-order valence-corrected chi connectivity index (χ4v) is 1.39. The lowest BCUT2D eigenvalue weighted by atomic mass is 10.2. The summed E-state index contributed by atoms with van der Waals surface area (Å²) in [4.78, 5) is 4.02. The summed E-state index contributed by atoms with van der Waals surface area (Å²) in [6, 6.07) is 6.95. The third kappa shape index (κ3) is 2.58. The van der Waals surface area contributed by atoms with Crippen molar-refractivity contribution in [3.63, 3.8) is 0 Å². The van der Waals surface area contributed by atoms with Crippen molar-refractivity contribution in [3.05, 3.63) is 35.5 Å². The fraction of sp³-hybridized carbons (Fsp3) is 0.250. The second kappa shape index (κ2) is 5.19. The first-order chi connectivity index (χ1) is 8.72. The van der Waals surface area contributed by atoms with Gasteiger partial charge in [-0.2, -0.15) is 10.2 Å². The Hall–Kier alpha value is -2.55. The summed E-state index contributed by atoms with van der Waals surface area (Å²) in [7, 11) is 1.51. The average Bonchev–Trinajstić information content (AvgIpc) is 2.82. The number of ether oxygens (including phenoxy) is 2. The predicted octanol–water partition coefficient (Wildman–Crippen LogP) is 1.84. The van der Waals surface area contributed by atoms with Crippen LogP contribution in [0.2, 0.25) is 0 Å². The van der Waals surface area contributed by atoms with E-state index in [0.29, 0.717) is 28.8 Å². The lowest BCUT2D eigenvalue weighted by Gasteiger charge is -2.08. The van der Waals surface area contributed by atoms with Crippen LogP contribution in [0, 0.1) is 18.3 Å². The van der Waals surface area contributed by atoms with Gasteiger partial charge in [0.25, 0.3) is 5.89 Å². The molecular formula is C12H11N3O3. The van der Waals surface area contributed by atoms with Crippen molar-refractivity contribution in [2.75, 3.05) is 7.11 Å². The highest BCUT2D eigenvalue weighted by atomic mass is 16.5. The summed E-state index contributed by atoms with van der Waals surface area (Å²) in [5, 5.41) is 12.4. The van der Waals surface area contributed by atoms with Crippen LogP contribution in [-0.2, 0) is 6.61 Å². The number of aromatic nitrogens is 2. The molecule has 6 heteroatoms. The molecule has 0 saturated heterocycles. The largest absolute Gasteiger partial charge is 0.493 e. The first-order valence-electron chi connectivity index (χ1n) is 5.23. The Balaban J connectivity index is 2.12. The summed E-state index contributed by atoms with van der Waals surface area (Å²) in [6.07, 6.45) is 0. The molecule has 0 aliphatic carbocycles. The van der Waals surface area contributed by atoms with Gasteiger partial charge in [0, 0.05) is 6.07 Å². The molecule has 1 aromatic carbocycles. The minimum atomic E-state index is 0.156. The van der Waals surface area contributed by atoms with E-state index >= 15 is 0 Å². The third-order valence-corrected chi connectivity index (χ3v) is 2.21. The van der Waals surface area contributed by atoms with E-state index in [1.165, 1.54) is 7.11 Å². The van der Waals surface area contributed by atoms with E-state index in [4.69, 9.17) is 19.3 Å². The normalized spacial score (nSPS) is 9.83. The van der Waals surface area contributed by atoms with Gasteiger partial charge >= 0.3 is 0 Å². The van der Waals surface area contributed by atoms with Crippen LogP contribution in [0.4, 0.5) is 0 Å². The zero-order valence-electron chi connectivity index (χ0n) is 10.0. The van der Waals surface area contributed by atoms with Gasteiger partial charge in [-0.1, -0.05) is 5.16 Å². The smallest absolute Gasteiger partial charge is 0.264 e. The number of nitriles is 1. The Morgan fingerprint density at radius 2 is 2.22 bits per heavy atom. The van der Waals surface area contributed by atoms with Crippen molar-refractivity contribution in [3.8, 4) is 17.6 Å². The number of hydrogen-bond acceptors (Lipinski definition) is 6. The van der Waals surface area contributed by atoms with Gasteiger partial charge in [0.15, 0.2) is 23.9 Å². The second-order valence-electron chi connectivity index (χ2n) is 3.50. The predicted molar refractivity (Wildman–Crippen MR) is 61.1 cm³/mol. The second-order valence-corrected chi connectivity index (χ2v) is 3.50. The third-order valence-electron chi connectivity index (χ3n) is 2.21. The Bertz CT molecular complexity index is 586. The molecule has 2 rings (SSSR count). The molecular weight excluding hydrogens is 234 g/mol. The van der Waals surface area contributed by atoms with Crippen LogP contribution >= 0.6 is 0 Å². The number of methoxy groups -OCH3 is 1. The first-order valence-corrected chi connectivity index (χ1v) is 5.23. The molecule has 2 aromatic rings. The van der Waals surface area contributed by atoms with Gasteiger partial charge in [0.05, 0.1) is 18.7 Å². The molecule has 92 valence electrons. The van der Waals surface area contributed by atoms with Gasteiger partial charge in [-0.05, 0) is 19.1 Å². The molecule has 0 aliphatic rings. The Labute approximate surface area is 104 Å². The Kier molecular flexibility index (Phi) is 3.44. The molecule has 0 N–H and O–H groups in total. The van der Waals surface area contributed by atoms with Crippen LogP contribution in [0.15, 0.2) is 22.7 Å². The van der Waals surface area contributed by atoms with Crippen molar-refractivity contribution in [1.29, 1.82) is 5.26 Å². The number of rotatable bonds is 4. The molecule has 6 nitrogen and oxygen atoms in total. The molecule has 0 unspecified atom stereocenters. The van der Waals surface area contributed by atoms with Gasteiger partial charge in [-0.25, -0.2) is 0 Å². The molecule has 0 fully saturated rings. The molecule has 0 radical (unpaired) electrons. The minimum absolute atomic E-state index is 0.156. The van der Waals surface area contributed by atoms with Crippen molar-refractivity contribution >= 4 is 0 Å². The van der Waals surface area contributed by atoms with Gasteiger partial charge in [-0.15, -0.1) is 0 Å². The van der Waals surface area contributed by atoms with Gasteiger partial charge in [0.1, 0.15) is 0 Å². The maximum absolute atomic E-state index is 8.78. The Morgan fingerprint density at radius 3 is 2.83 bits per heavy atom. The van der Waals surface area contributed by atoms with Crippen molar-refractivity contribution in [2.24, 2.45) is 0 Å². The molecule has 0 saturated carbocycles. The maximum Gasteiger partial charge on any atom is 0.264 e. The van der Waals surface area contributed by atoms with Gasteiger partial charge in [-0.3, -0.25) is 0 Å². The molecule has 1 aromatic heterocycles. The number of nitrogens with zero attached hydrogens (tertiary/aromatic N) is 3. The Morgan fingerprint density at radius 1 is 1.39 bits per heavy atom. The van der Waals surface area contributed by atoms with Crippen LogP contribution in [0.25, 0.3) is 0 Å². The minimum Gasteiger partial charge on any atom is -0.493 e. The number of benzene rings is 1. The van der Waals surface area contributed by atoms with Crippen LogP contribution in [0.1, 0.15) is 17.3 Å². The summed E-state index contributed by atoms with van der Waals surface area (Å²) >= 11 is 0. The van der Waals surface area contributed by atoms with E-state index in [1.807, 2.05) is 6.07 Å². The van der Waals surface area contributed by atoms with Crippen molar-refractivity contribution in [2.45, 2.75) is 13.5 Å². The standard InChI is InChI=1S/C12H11N3O3/c1-8-14-12(18-15-8)7-17-10-4-3-9(6-13)5-11(10)16-2/h3-5H,7H2,1-2H3. The highest BCUT2D eigenvalue weighted by Crippen LogP contribution is 2.28. The van der Waals surface area contributed by atoms with E-state index in [1.54, 1.807) is 25.1 Å². The van der Waals surface area contributed by atoms with E-state index in [-0.39, 0.29) is 6.61 Å². The van der Waals surface area contributed by atoms with Crippen LogP contribution in [-0.4, -0.2) is 17.3 Å². The highest BCUT2D eigenvalue weighted by Gasteiger charge is 2.08. The van der Waals surface area contributed by atoms with E-state index in [2.05, 4.69) is 10.1 Å². The molecule has 1 heterocycles. The lowest BCUT2D eigenvalue weighted by molar-refractivity contribution is 0.233. The summed E-state index contributed by atoms with van der Waals surface area (Å²) < 4.78 is 15.6. The molecule has 0 amide bonds. The van der Waals surface area contributed by atoms with Crippen LogP contribution < -0.4 is 9.47 Å². The van der Waals surface area contributed by atoms with Crippen molar-refractivity contribution in [1.82, 2.24) is 10.1 Å². The van der Waals surface area contributed by atoms with Gasteiger partial charge < -0.3 is 14.0 Å². The molecule has 18 heavy (non-hydrogen) atoms. The summed E-state index contributed by atoms with van der Waals surface area (Å²) in [5.41, 5.74) is 0.507. The zero-order chi connectivity index (χ0) is 13.0. The average molecular weight is 245 g/mol. The fourth-order valence-electron chi connectivity index (χ4n) is 1.39. The van der Waals surface area contributed by atoms with Crippen molar-refractivity contribution < 1.29 is 14.0 Å². The quantitative estimate of drug-likeness (QED) is 0.817. The first kappa shape index (κ1) is 11.9. The topological polar surface area (TPSA) is 81.2 Å². The monoisotopic (exact) mass is 245 g/mol. The maximum atomic E-state index is 8.78. The SMILES string of the molecule is COc1cc(C#N)ccc1OCc1nc(C)no1. The van der Waals surface area contributed by atoms with Gasteiger partial charge in [0.2, 0.25) is 0 Å². The molecule has 0 atom stereocenters. The summed E-state index contributed by atoms with van der Waals surface area (Å²) in [6.45, 7) is 1.89. The number of hydrogen-bond donors (Lipinski definition) is 0. The van der Waals surface area contributed by atoms with E-state index in [9.17, 15) is 0 Å². The number of aryl methyl sites for hydroxylation is 1. The van der Waals surface area contributed by atoms with E-state index in [0.717, 1.165) is 0 Å². The lowest BCUT2D eigenvalue weighted by Crippen LogP contribution is -1.98. The van der Waals surface area contributed by atoms with Crippen LogP contribution in [0.3, 0.4) is 0 Å². The molecule has 0 spiro atoms. The van der Waals surface area contributed by atoms with Crippen LogP contribution in [0.5, 0.6) is 11.5 Å². The summed E-state index contributed by atoms with van der Waals surface area (Å²) in [5.74, 6) is 1.96. The van der Waals surface area contributed by atoms with E-state index < -0.39 is 0 Å².